The number of aliphatic hydroxyl groups is 2. The number of hydrogen-bond acceptors (Lipinski definition) is 4. The van der Waals surface area contributed by atoms with Crippen LogP contribution >= 0.6 is 0 Å². The van der Waals surface area contributed by atoms with Crippen LogP contribution in [0.5, 0.6) is 5.75 Å². The van der Waals surface area contributed by atoms with Crippen molar-refractivity contribution in [2.45, 2.75) is 58.7 Å². The maximum atomic E-state index is 10.3. The minimum Gasteiger partial charge on any atom is -0.544 e. The number of aliphatic hydroxyl groups excluding tert-OH is 2. The summed E-state index contributed by atoms with van der Waals surface area (Å²) >= 11 is 0. The van der Waals surface area contributed by atoms with Gasteiger partial charge in [0.1, 0.15) is 5.75 Å². The Morgan fingerprint density at radius 1 is 1.24 bits per heavy atom. The molecule has 0 fully saturated rings. The van der Waals surface area contributed by atoms with Crippen LogP contribution in [0.1, 0.15) is 38.0 Å². The second-order valence-electron chi connectivity index (χ2n) is 7.39. The molecule has 0 aliphatic heterocycles. The van der Waals surface area contributed by atoms with Crippen molar-refractivity contribution in [1.29, 1.82) is 0 Å². The first-order chi connectivity index (χ1) is 9.52. The molecule has 21 heavy (non-hydrogen) atoms. The SMILES string of the molecule is CC(C)(C)NCC(O)c1ccc(O[Si](C)(C)C)c(CO)c1. The van der Waals surface area contributed by atoms with Crippen molar-refractivity contribution in [1.82, 2.24) is 5.32 Å². The fourth-order valence-electron chi connectivity index (χ4n) is 1.88. The molecule has 0 aromatic heterocycles. The molecule has 1 unspecified atom stereocenters. The van der Waals surface area contributed by atoms with Gasteiger partial charge in [-0.1, -0.05) is 6.07 Å². The molecule has 0 aliphatic carbocycles. The van der Waals surface area contributed by atoms with E-state index in [-0.39, 0.29) is 12.1 Å². The molecule has 1 aromatic rings. The largest absolute Gasteiger partial charge is 0.544 e. The molecule has 1 atom stereocenters. The van der Waals surface area contributed by atoms with E-state index >= 15 is 0 Å². The Kier molecular flexibility index (Phi) is 5.98. The van der Waals surface area contributed by atoms with Crippen LogP contribution in [0.2, 0.25) is 19.6 Å². The summed E-state index contributed by atoms with van der Waals surface area (Å²) in [5.41, 5.74) is 1.48. The molecule has 0 radical (unpaired) electrons. The molecule has 0 amide bonds. The lowest BCUT2D eigenvalue weighted by Crippen LogP contribution is -2.38. The summed E-state index contributed by atoms with van der Waals surface area (Å²) in [6.45, 7) is 12.9. The van der Waals surface area contributed by atoms with Crippen molar-refractivity contribution < 1.29 is 14.6 Å². The van der Waals surface area contributed by atoms with Crippen molar-refractivity contribution >= 4 is 8.32 Å². The highest BCUT2D eigenvalue weighted by Crippen LogP contribution is 2.26. The van der Waals surface area contributed by atoms with Gasteiger partial charge in [0, 0.05) is 17.6 Å². The molecular weight excluding hydrogens is 282 g/mol. The van der Waals surface area contributed by atoms with Crippen LogP contribution in [-0.4, -0.2) is 30.6 Å². The summed E-state index contributed by atoms with van der Waals surface area (Å²) < 4.78 is 5.95. The molecular formula is C16H29NO3Si. The van der Waals surface area contributed by atoms with Crippen molar-refractivity contribution in [3.05, 3.63) is 29.3 Å². The Hall–Kier alpha value is -0.883. The van der Waals surface area contributed by atoms with Crippen LogP contribution in [-0.2, 0) is 6.61 Å². The third-order valence-electron chi connectivity index (χ3n) is 2.88. The zero-order valence-electron chi connectivity index (χ0n) is 14.0. The van der Waals surface area contributed by atoms with Gasteiger partial charge in [0.15, 0.2) is 0 Å². The van der Waals surface area contributed by atoms with Gasteiger partial charge >= 0.3 is 0 Å². The number of rotatable bonds is 6. The van der Waals surface area contributed by atoms with E-state index in [1.54, 1.807) is 0 Å². The van der Waals surface area contributed by atoms with E-state index in [1.807, 2.05) is 18.2 Å². The van der Waals surface area contributed by atoms with Crippen LogP contribution in [0.4, 0.5) is 0 Å². The molecule has 0 heterocycles. The molecule has 0 aliphatic rings. The average Bonchev–Trinajstić information content (AvgIpc) is 2.33. The maximum absolute atomic E-state index is 10.3. The Morgan fingerprint density at radius 3 is 2.33 bits per heavy atom. The molecule has 120 valence electrons. The number of nitrogens with one attached hydrogen (secondary N) is 1. The highest BCUT2D eigenvalue weighted by atomic mass is 28.4. The third kappa shape index (κ3) is 6.61. The monoisotopic (exact) mass is 311 g/mol. The second kappa shape index (κ2) is 6.92. The van der Waals surface area contributed by atoms with Crippen LogP contribution < -0.4 is 9.74 Å². The minimum atomic E-state index is -1.72. The summed E-state index contributed by atoms with van der Waals surface area (Å²) in [7, 11) is -1.72. The highest BCUT2D eigenvalue weighted by Gasteiger charge is 2.19. The predicted octanol–water partition coefficient (Wildman–Crippen LogP) is 2.81. The first kappa shape index (κ1) is 18.2. The number of hydrogen-bond donors (Lipinski definition) is 3. The maximum Gasteiger partial charge on any atom is 0.242 e. The van der Waals surface area contributed by atoms with Crippen LogP contribution in [0.3, 0.4) is 0 Å². The average molecular weight is 311 g/mol. The van der Waals surface area contributed by atoms with Crippen LogP contribution in [0, 0.1) is 0 Å². The zero-order valence-corrected chi connectivity index (χ0v) is 15.0. The van der Waals surface area contributed by atoms with Gasteiger partial charge in [0.05, 0.1) is 12.7 Å². The van der Waals surface area contributed by atoms with Gasteiger partial charge in [-0.2, -0.15) is 0 Å². The fourth-order valence-corrected chi connectivity index (χ4v) is 2.74. The van der Waals surface area contributed by atoms with Gasteiger partial charge in [0.2, 0.25) is 8.32 Å². The Labute approximate surface area is 129 Å². The van der Waals surface area contributed by atoms with E-state index < -0.39 is 14.4 Å². The molecule has 3 N–H and O–H groups in total. The first-order valence-corrected chi connectivity index (χ1v) is 10.8. The van der Waals surface area contributed by atoms with Crippen molar-refractivity contribution in [2.75, 3.05) is 6.54 Å². The van der Waals surface area contributed by atoms with E-state index in [0.29, 0.717) is 6.54 Å². The molecule has 1 aromatic carbocycles. The van der Waals surface area contributed by atoms with Gasteiger partial charge < -0.3 is 20.0 Å². The molecule has 0 spiro atoms. The molecule has 0 saturated carbocycles. The summed E-state index contributed by atoms with van der Waals surface area (Å²) in [5, 5.41) is 23.0. The van der Waals surface area contributed by atoms with Crippen molar-refractivity contribution in [2.24, 2.45) is 0 Å². The topological polar surface area (TPSA) is 61.7 Å². The van der Waals surface area contributed by atoms with Gasteiger partial charge in [-0.15, -0.1) is 0 Å². The van der Waals surface area contributed by atoms with Crippen LogP contribution in [0.25, 0.3) is 0 Å². The van der Waals surface area contributed by atoms with E-state index in [4.69, 9.17) is 4.43 Å². The zero-order chi connectivity index (χ0) is 16.3. The normalized spacial score (nSPS) is 14.1. The molecule has 0 bridgehead atoms. The van der Waals surface area contributed by atoms with Gasteiger partial charge in [-0.3, -0.25) is 0 Å². The summed E-state index contributed by atoms with van der Waals surface area (Å²) in [4.78, 5) is 0. The predicted molar refractivity (Wildman–Crippen MR) is 89.1 cm³/mol. The van der Waals surface area contributed by atoms with E-state index in [1.165, 1.54) is 0 Å². The lowest BCUT2D eigenvalue weighted by Gasteiger charge is -2.24. The van der Waals surface area contributed by atoms with E-state index in [0.717, 1.165) is 16.9 Å². The highest BCUT2D eigenvalue weighted by molar-refractivity contribution is 6.70. The number of β-amino-alcohol motifs (C(OH)–C–C–N with tert-alkyl or cyclic N) is 1. The van der Waals surface area contributed by atoms with Gasteiger partial charge in [-0.05, 0) is 58.1 Å². The van der Waals surface area contributed by atoms with Crippen LogP contribution in [0.15, 0.2) is 18.2 Å². The second-order valence-corrected chi connectivity index (χ2v) is 11.8. The Balaban J connectivity index is 2.86. The fraction of sp³-hybridized carbons (Fsp3) is 0.625. The quantitative estimate of drug-likeness (QED) is 0.707. The molecule has 5 heteroatoms. The summed E-state index contributed by atoms with van der Waals surface area (Å²) in [5.74, 6) is 0.719. The van der Waals surface area contributed by atoms with Crippen molar-refractivity contribution in [3.63, 3.8) is 0 Å². The minimum absolute atomic E-state index is 0.0400. The Morgan fingerprint density at radius 2 is 1.86 bits per heavy atom. The number of benzene rings is 1. The Bertz CT molecular complexity index is 464. The van der Waals surface area contributed by atoms with E-state index in [9.17, 15) is 10.2 Å². The lowest BCUT2D eigenvalue weighted by molar-refractivity contribution is 0.163. The smallest absolute Gasteiger partial charge is 0.242 e. The standard InChI is InChI=1S/C16H29NO3Si/c1-16(2,3)17-10-14(19)12-7-8-15(13(9-12)11-18)20-21(4,5)6/h7-9,14,17-19H,10-11H2,1-6H3. The van der Waals surface area contributed by atoms with Gasteiger partial charge in [0.25, 0.3) is 0 Å². The summed E-state index contributed by atoms with van der Waals surface area (Å²) in [6.07, 6.45) is -0.601. The van der Waals surface area contributed by atoms with Crippen molar-refractivity contribution in [3.8, 4) is 5.75 Å². The van der Waals surface area contributed by atoms with Gasteiger partial charge in [-0.25, -0.2) is 0 Å². The third-order valence-corrected chi connectivity index (χ3v) is 3.71. The van der Waals surface area contributed by atoms with E-state index in [2.05, 4.69) is 45.7 Å². The molecule has 1 rings (SSSR count). The lowest BCUT2D eigenvalue weighted by atomic mass is 10.0. The molecule has 0 saturated heterocycles. The summed E-state index contributed by atoms with van der Waals surface area (Å²) in [6, 6.07) is 5.54. The first-order valence-electron chi connectivity index (χ1n) is 7.37. The molecule has 4 nitrogen and oxygen atoms in total.